The number of aryl methyl sites for hydroxylation is 2. The number of furan rings is 1. The van der Waals surface area contributed by atoms with Gasteiger partial charge >= 0.3 is 5.97 Å². The minimum atomic E-state index is -0.944. The third kappa shape index (κ3) is 2.18. The summed E-state index contributed by atoms with van der Waals surface area (Å²) >= 11 is 0. The first kappa shape index (κ1) is 13.7. The molecule has 1 fully saturated rings. The van der Waals surface area contributed by atoms with Gasteiger partial charge in [0, 0.05) is 11.9 Å². The minimum Gasteiger partial charge on any atom is -0.480 e. The van der Waals surface area contributed by atoms with Crippen molar-refractivity contribution in [3.63, 3.8) is 0 Å². The second kappa shape index (κ2) is 4.91. The lowest BCUT2D eigenvalue weighted by Gasteiger charge is -2.20. The predicted molar refractivity (Wildman–Crippen MR) is 77.4 cm³/mol. The van der Waals surface area contributed by atoms with Crippen molar-refractivity contribution in [2.45, 2.75) is 32.7 Å². The fourth-order valence-electron chi connectivity index (χ4n) is 2.87. The van der Waals surface area contributed by atoms with Gasteiger partial charge in [-0.2, -0.15) is 0 Å². The van der Waals surface area contributed by atoms with Crippen LogP contribution in [0.1, 0.15) is 34.3 Å². The van der Waals surface area contributed by atoms with Crippen molar-refractivity contribution < 1.29 is 19.1 Å². The average molecular weight is 287 g/mol. The summed E-state index contributed by atoms with van der Waals surface area (Å²) in [5.41, 5.74) is 3.28. The summed E-state index contributed by atoms with van der Waals surface area (Å²) in [5, 5.41) is 9.96. The zero-order chi connectivity index (χ0) is 15.1. The van der Waals surface area contributed by atoms with Gasteiger partial charge in [0.05, 0.1) is 5.56 Å². The van der Waals surface area contributed by atoms with Crippen LogP contribution in [-0.2, 0) is 4.79 Å². The van der Waals surface area contributed by atoms with Gasteiger partial charge in [0.1, 0.15) is 17.9 Å². The molecule has 2 heterocycles. The van der Waals surface area contributed by atoms with Crippen LogP contribution in [0.5, 0.6) is 0 Å². The number of carbonyl (C=O) groups excluding carboxylic acids is 1. The molecule has 0 spiro atoms. The van der Waals surface area contributed by atoms with Crippen LogP contribution < -0.4 is 0 Å². The van der Waals surface area contributed by atoms with Gasteiger partial charge < -0.3 is 14.4 Å². The van der Waals surface area contributed by atoms with Gasteiger partial charge in [-0.15, -0.1) is 0 Å². The third-order valence-electron chi connectivity index (χ3n) is 4.22. The van der Waals surface area contributed by atoms with Crippen LogP contribution in [0.4, 0.5) is 0 Å². The van der Waals surface area contributed by atoms with Crippen molar-refractivity contribution in [1.82, 2.24) is 4.90 Å². The molecule has 0 aliphatic carbocycles. The summed E-state index contributed by atoms with van der Waals surface area (Å²) in [4.78, 5) is 25.3. The van der Waals surface area contributed by atoms with Crippen molar-refractivity contribution in [1.29, 1.82) is 0 Å². The Kier molecular flexibility index (Phi) is 3.20. The molecule has 0 saturated carbocycles. The molecular formula is C16H17NO4. The van der Waals surface area contributed by atoms with Gasteiger partial charge in [-0.3, -0.25) is 4.79 Å². The first-order valence-corrected chi connectivity index (χ1v) is 7.01. The smallest absolute Gasteiger partial charge is 0.326 e. The number of carboxylic acids is 1. The molecule has 3 rings (SSSR count). The molecule has 110 valence electrons. The topological polar surface area (TPSA) is 70.8 Å². The molecule has 1 unspecified atom stereocenters. The number of rotatable bonds is 2. The molecule has 1 N–H and O–H groups in total. The number of nitrogens with zero attached hydrogens (tertiary/aromatic N) is 1. The van der Waals surface area contributed by atoms with Crippen LogP contribution >= 0.6 is 0 Å². The highest BCUT2D eigenvalue weighted by Gasteiger charge is 2.35. The standard InChI is InChI=1S/C16H17NO4/c1-9-6-11-12(8-21-14(11)7-10(9)2)15(18)17-5-3-4-13(17)16(19)20/h6-8,13H,3-5H2,1-2H3,(H,19,20). The van der Waals surface area contributed by atoms with Crippen LogP contribution in [-0.4, -0.2) is 34.5 Å². The highest BCUT2D eigenvalue weighted by molar-refractivity contribution is 6.07. The lowest BCUT2D eigenvalue weighted by Crippen LogP contribution is -2.40. The van der Waals surface area contributed by atoms with Gasteiger partial charge in [-0.25, -0.2) is 4.79 Å². The zero-order valence-electron chi connectivity index (χ0n) is 12.0. The van der Waals surface area contributed by atoms with Crippen molar-refractivity contribution in [2.24, 2.45) is 0 Å². The number of fused-ring (bicyclic) bond motifs is 1. The maximum atomic E-state index is 12.6. The fraction of sp³-hybridized carbons (Fsp3) is 0.375. The first-order chi connectivity index (χ1) is 9.99. The largest absolute Gasteiger partial charge is 0.480 e. The van der Waals surface area contributed by atoms with Gasteiger partial charge in [0.25, 0.3) is 5.91 Å². The normalized spacial score (nSPS) is 18.4. The Morgan fingerprint density at radius 3 is 2.71 bits per heavy atom. The van der Waals surface area contributed by atoms with E-state index < -0.39 is 12.0 Å². The van der Waals surface area contributed by atoms with Crippen LogP contribution in [0.25, 0.3) is 11.0 Å². The summed E-state index contributed by atoms with van der Waals surface area (Å²) in [6.07, 6.45) is 2.66. The molecular weight excluding hydrogens is 270 g/mol. The van der Waals surface area contributed by atoms with E-state index in [1.165, 1.54) is 11.2 Å². The summed E-state index contributed by atoms with van der Waals surface area (Å²) in [7, 11) is 0. The lowest BCUT2D eigenvalue weighted by atomic mass is 10.0. The number of hydrogen-bond acceptors (Lipinski definition) is 3. The molecule has 21 heavy (non-hydrogen) atoms. The van der Waals surface area contributed by atoms with Crippen LogP contribution in [0, 0.1) is 13.8 Å². The van der Waals surface area contributed by atoms with Gasteiger partial charge in [0.15, 0.2) is 0 Å². The second-order valence-electron chi connectivity index (χ2n) is 5.58. The number of likely N-dealkylation sites (tertiary alicyclic amines) is 1. The van der Waals surface area contributed by atoms with Crippen molar-refractivity contribution in [2.75, 3.05) is 6.54 Å². The Labute approximate surface area is 122 Å². The maximum absolute atomic E-state index is 12.6. The summed E-state index contributed by atoms with van der Waals surface area (Å²) in [6, 6.07) is 3.10. The Balaban J connectivity index is 2.02. The average Bonchev–Trinajstić information content (AvgIpc) is 3.05. The monoisotopic (exact) mass is 287 g/mol. The first-order valence-electron chi connectivity index (χ1n) is 7.01. The maximum Gasteiger partial charge on any atom is 0.326 e. The van der Waals surface area contributed by atoms with Gasteiger partial charge in [0.2, 0.25) is 0 Å². The van der Waals surface area contributed by atoms with E-state index in [9.17, 15) is 14.7 Å². The molecule has 5 nitrogen and oxygen atoms in total. The van der Waals surface area contributed by atoms with E-state index in [-0.39, 0.29) is 5.91 Å². The fourth-order valence-corrected chi connectivity index (χ4v) is 2.87. The van der Waals surface area contributed by atoms with E-state index in [4.69, 9.17) is 4.42 Å². The lowest BCUT2D eigenvalue weighted by molar-refractivity contribution is -0.141. The number of carboxylic acid groups (broad SMARTS) is 1. The van der Waals surface area contributed by atoms with Crippen molar-refractivity contribution >= 4 is 22.8 Å². The number of amides is 1. The zero-order valence-corrected chi connectivity index (χ0v) is 12.0. The molecule has 1 aliphatic heterocycles. The molecule has 1 aromatic carbocycles. The van der Waals surface area contributed by atoms with Crippen LogP contribution in [0.3, 0.4) is 0 Å². The summed E-state index contributed by atoms with van der Waals surface area (Å²) in [6.45, 7) is 4.44. The van der Waals surface area contributed by atoms with Crippen LogP contribution in [0.15, 0.2) is 22.8 Å². The van der Waals surface area contributed by atoms with E-state index >= 15 is 0 Å². The van der Waals surface area contributed by atoms with E-state index in [1.54, 1.807) is 0 Å². The molecule has 1 atom stereocenters. The number of hydrogen-bond donors (Lipinski definition) is 1. The Morgan fingerprint density at radius 2 is 2.00 bits per heavy atom. The minimum absolute atomic E-state index is 0.262. The molecule has 1 amide bonds. The highest BCUT2D eigenvalue weighted by atomic mass is 16.4. The van der Waals surface area contributed by atoms with Crippen LogP contribution in [0.2, 0.25) is 0 Å². The quantitative estimate of drug-likeness (QED) is 0.922. The van der Waals surface area contributed by atoms with E-state index in [0.29, 0.717) is 24.1 Å². The molecule has 0 bridgehead atoms. The SMILES string of the molecule is Cc1cc2occ(C(=O)N3CCCC3C(=O)O)c2cc1C. The van der Waals surface area contributed by atoms with E-state index in [1.807, 2.05) is 26.0 Å². The van der Waals surface area contributed by atoms with Gasteiger partial charge in [-0.1, -0.05) is 0 Å². The van der Waals surface area contributed by atoms with Gasteiger partial charge in [-0.05, 0) is 49.9 Å². The molecule has 1 aliphatic rings. The van der Waals surface area contributed by atoms with Crippen molar-refractivity contribution in [3.8, 4) is 0 Å². The third-order valence-corrected chi connectivity index (χ3v) is 4.22. The number of benzene rings is 1. The molecule has 1 saturated heterocycles. The summed E-state index contributed by atoms with van der Waals surface area (Å²) in [5.74, 6) is -1.21. The Hall–Kier alpha value is -2.30. The van der Waals surface area contributed by atoms with Crippen molar-refractivity contribution in [3.05, 3.63) is 35.1 Å². The summed E-state index contributed by atoms with van der Waals surface area (Å²) < 4.78 is 5.47. The van der Waals surface area contributed by atoms with E-state index in [0.717, 1.165) is 22.9 Å². The number of carbonyl (C=O) groups is 2. The highest BCUT2D eigenvalue weighted by Crippen LogP contribution is 2.28. The molecule has 2 aromatic rings. The van der Waals surface area contributed by atoms with E-state index in [2.05, 4.69) is 0 Å². The number of aliphatic carboxylic acids is 1. The second-order valence-corrected chi connectivity index (χ2v) is 5.58. The Morgan fingerprint density at radius 1 is 1.29 bits per heavy atom. The Bertz CT molecular complexity index is 731. The molecule has 1 aromatic heterocycles. The molecule has 0 radical (unpaired) electrons. The predicted octanol–water partition coefficient (Wildman–Crippen LogP) is 2.74. The molecule has 5 heteroatoms.